The second-order valence-corrected chi connectivity index (χ2v) is 5.36. The van der Waals surface area contributed by atoms with Crippen LogP contribution in [0, 0.1) is 12.8 Å². The lowest BCUT2D eigenvalue weighted by molar-refractivity contribution is 0.640. The molecule has 0 saturated carbocycles. The van der Waals surface area contributed by atoms with Crippen molar-refractivity contribution in [1.29, 1.82) is 0 Å². The lowest BCUT2D eigenvalue weighted by atomic mass is 10.2. The zero-order chi connectivity index (χ0) is 11.3. The summed E-state index contributed by atoms with van der Waals surface area (Å²) in [5, 5.41) is 0. The van der Waals surface area contributed by atoms with Gasteiger partial charge >= 0.3 is 0 Å². The predicted molar refractivity (Wildman–Crippen MR) is 63.9 cm³/mol. The summed E-state index contributed by atoms with van der Waals surface area (Å²) < 4.78 is 11.7. The molecule has 2 atom stereocenters. The van der Waals surface area contributed by atoms with Crippen LogP contribution in [0.3, 0.4) is 0 Å². The van der Waals surface area contributed by atoms with Crippen molar-refractivity contribution in [2.24, 2.45) is 11.7 Å². The number of aromatic nitrogens is 1. The van der Waals surface area contributed by atoms with Crippen LogP contribution in [0.1, 0.15) is 18.2 Å². The summed E-state index contributed by atoms with van der Waals surface area (Å²) in [5.74, 6) is 1.51. The van der Waals surface area contributed by atoms with E-state index < -0.39 is 10.8 Å². The van der Waals surface area contributed by atoms with Gasteiger partial charge in [0.15, 0.2) is 0 Å². The van der Waals surface area contributed by atoms with Crippen LogP contribution in [0.4, 0.5) is 0 Å². The van der Waals surface area contributed by atoms with E-state index in [1.807, 2.05) is 26.0 Å². The van der Waals surface area contributed by atoms with E-state index in [1.165, 1.54) is 0 Å². The van der Waals surface area contributed by atoms with Gasteiger partial charge < -0.3 is 5.73 Å². The lowest BCUT2D eigenvalue weighted by Crippen LogP contribution is -2.18. The van der Waals surface area contributed by atoms with Crippen molar-refractivity contribution in [3.8, 4) is 0 Å². The molecule has 15 heavy (non-hydrogen) atoms. The molecule has 84 valence electrons. The topological polar surface area (TPSA) is 56.0 Å². The Morgan fingerprint density at radius 3 is 2.93 bits per heavy atom. The minimum Gasteiger partial charge on any atom is -0.330 e. The molecule has 0 bridgehead atoms. The molecule has 0 aliphatic carbocycles. The normalized spacial score (nSPS) is 14.9. The van der Waals surface area contributed by atoms with Gasteiger partial charge in [0.05, 0.1) is 11.4 Å². The fourth-order valence-electron chi connectivity index (χ4n) is 1.27. The molecule has 0 amide bonds. The number of pyridine rings is 1. The molecule has 4 heteroatoms. The summed E-state index contributed by atoms with van der Waals surface area (Å²) in [6.45, 7) is 4.60. The largest absolute Gasteiger partial charge is 0.330 e. The first-order chi connectivity index (χ1) is 7.13. The molecule has 1 aromatic heterocycles. The number of nitrogens with zero attached hydrogens (tertiary/aromatic N) is 1. The molecule has 0 aliphatic rings. The van der Waals surface area contributed by atoms with E-state index in [-0.39, 0.29) is 0 Å². The molecular formula is C11H18N2OS. The molecule has 0 aromatic carbocycles. The van der Waals surface area contributed by atoms with Crippen LogP contribution in [0.2, 0.25) is 0 Å². The minimum absolute atomic E-state index is 0.315. The van der Waals surface area contributed by atoms with Gasteiger partial charge in [-0.2, -0.15) is 0 Å². The lowest BCUT2D eigenvalue weighted by Gasteiger charge is -2.08. The molecule has 0 radical (unpaired) electrons. The van der Waals surface area contributed by atoms with Crippen LogP contribution in [0.5, 0.6) is 0 Å². The van der Waals surface area contributed by atoms with Crippen LogP contribution >= 0.6 is 0 Å². The van der Waals surface area contributed by atoms with Crippen LogP contribution in [0.25, 0.3) is 0 Å². The summed E-state index contributed by atoms with van der Waals surface area (Å²) in [4.78, 5) is 4.23. The Morgan fingerprint density at radius 1 is 1.60 bits per heavy atom. The van der Waals surface area contributed by atoms with Gasteiger partial charge in [0, 0.05) is 22.7 Å². The van der Waals surface area contributed by atoms with Crippen LogP contribution in [0.15, 0.2) is 18.3 Å². The Labute approximate surface area is 93.6 Å². The number of rotatable bonds is 5. The molecule has 1 heterocycles. The van der Waals surface area contributed by atoms with Crippen molar-refractivity contribution in [1.82, 2.24) is 4.98 Å². The monoisotopic (exact) mass is 226 g/mol. The highest BCUT2D eigenvalue weighted by Crippen LogP contribution is 2.08. The Kier molecular flexibility index (Phi) is 4.91. The number of hydrogen-bond donors (Lipinski definition) is 1. The van der Waals surface area contributed by atoms with E-state index in [4.69, 9.17) is 5.73 Å². The third-order valence-corrected chi connectivity index (χ3v) is 3.82. The van der Waals surface area contributed by atoms with E-state index in [0.29, 0.717) is 24.0 Å². The maximum Gasteiger partial charge on any atom is 0.0661 e. The van der Waals surface area contributed by atoms with E-state index in [1.54, 1.807) is 6.20 Å². The summed E-state index contributed by atoms with van der Waals surface area (Å²) in [5.41, 5.74) is 7.53. The van der Waals surface area contributed by atoms with Crippen LogP contribution < -0.4 is 5.73 Å². The molecule has 0 saturated heterocycles. The standard InChI is InChI=1S/C11H18N2OS/c1-9(6-12)7-15(14)8-11-10(2)4-3-5-13-11/h3-5,9H,6-8,12H2,1-2H3. The van der Waals surface area contributed by atoms with Gasteiger partial charge in [-0.05, 0) is 31.0 Å². The maximum absolute atomic E-state index is 11.7. The second-order valence-electron chi connectivity index (χ2n) is 3.86. The van der Waals surface area contributed by atoms with Crippen molar-refractivity contribution < 1.29 is 4.21 Å². The van der Waals surface area contributed by atoms with Crippen molar-refractivity contribution in [3.05, 3.63) is 29.6 Å². The highest BCUT2D eigenvalue weighted by Gasteiger charge is 2.08. The minimum atomic E-state index is -0.854. The molecule has 3 nitrogen and oxygen atoms in total. The Bertz CT molecular complexity index is 341. The molecule has 0 aliphatic heterocycles. The molecule has 2 unspecified atom stereocenters. The van der Waals surface area contributed by atoms with Gasteiger partial charge in [0.1, 0.15) is 0 Å². The molecule has 1 rings (SSSR count). The molecule has 1 aromatic rings. The SMILES string of the molecule is Cc1cccnc1CS(=O)CC(C)CN. The van der Waals surface area contributed by atoms with Crippen molar-refractivity contribution >= 4 is 10.8 Å². The van der Waals surface area contributed by atoms with Crippen molar-refractivity contribution in [2.45, 2.75) is 19.6 Å². The smallest absolute Gasteiger partial charge is 0.0661 e. The van der Waals surface area contributed by atoms with E-state index in [2.05, 4.69) is 4.98 Å². The van der Waals surface area contributed by atoms with Gasteiger partial charge in [-0.15, -0.1) is 0 Å². The number of hydrogen-bond acceptors (Lipinski definition) is 3. The Balaban J connectivity index is 2.55. The predicted octanol–water partition coefficient (Wildman–Crippen LogP) is 1.23. The molecule has 2 N–H and O–H groups in total. The van der Waals surface area contributed by atoms with Crippen molar-refractivity contribution in [3.63, 3.8) is 0 Å². The zero-order valence-electron chi connectivity index (χ0n) is 9.27. The summed E-state index contributed by atoms with van der Waals surface area (Å²) in [7, 11) is -0.854. The third-order valence-electron chi connectivity index (χ3n) is 2.29. The number of nitrogens with two attached hydrogens (primary N) is 1. The second kappa shape index (κ2) is 5.98. The first kappa shape index (κ1) is 12.3. The average Bonchev–Trinajstić information content (AvgIpc) is 2.21. The van der Waals surface area contributed by atoms with Crippen LogP contribution in [-0.4, -0.2) is 21.5 Å². The van der Waals surface area contributed by atoms with Crippen LogP contribution in [-0.2, 0) is 16.6 Å². The number of aryl methyl sites for hydroxylation is 1. The van der Waals surface area contributed by atoms with Gasteiger partial charge in [-0.1, -0.05) is 13.0 Å². The molecular weight excluding hydrogens is 208 g/mol. The average molecular weight is 226 g/mol. The highest BCUT2D eigenvalue weighted by atomic mass is 32.2. The summed E-state index contributed by atoms with van der Waals surface area (Å²) in [6.07, 6.45) is 1.74. The quantitative estimate of drug-likeness (QED) is 0.821. The maximum atomic E-state index is 11.7. The van der Waals surface area contributed by atoms with Crippen molar-refractivity contribution in [2.75, 3.05) is 12.3 Å². The summed E-state index contributed by atoms with van der Waals surface area (Å²) >= 11 is 0. The Hall–Kier alpha value is -0.740. The van der Waals surface area contributed by atoms with Gasteiger partial charge in [-0.3, -0.25) is 9.19 Å². The van der Waals surface area contributed by atoms with Gasteiger partial charge in [0.25, 0.3) is 0 Å². The fourth-order valence-corrected chi connectivity index (χ4v) is 2.76. The van der Waals surface area contributed by atoms with E-state index >= 15 is 0 Å². The third kappa shape index (κ3) is 4.10. The molecule has 0 fully saturated rings. The first-order valence-corrected chi connectivity index (χ1v) is 6.57. The van der Waals surface area contributed by atoms with Gasteiger partial charge in [-0.25, -0.2) is 0 Å². The molecule has 0 spiro atoms. The van der Waals surface area contributed by atoms with E-state index in [9.17, 15) is 4.21 Å². The van der Waals surface area contributed by atoms with Gasteiger partial charge in [0.2, 0.25) is 0 Å². The Morgan fingerprint density at radius 2 is 2.33 bits per heavy atom. The summed E-state index contributed by atoms with van der Waals surface area (Å²) in [6, 6.07) is 3.89. The first-order valence-electron chi connectivity index (χ1n) is 5.09. The highest BCUT2D eigenvalue weighted by molar-refractivity contribution is 7.84. The fraction of sp³-hybridized carbons (Fsp3) is 0.545. The zero-order valence-corrected chi connectivity index (χ0v) is 10.1. The van der Waals surface area contributed by atoms with E-state index in [0.717, 1.165) is 11.3 Å².